The van der Waals surface area contributed by atoms with Crippen molar-refractivity contribution in [2.75, 3.05) is 7.11 Å². The lowest BCUT2D eigenvalue weighted by Crippen LogP contribution is -2.12. The van der Waals surface area contributed by atoms with Crippen LogP contribution in [0.3, 0.4) is 0 Å². The van der Waals surface area contributed by atoms with Crippen molar-refractivity contribution in [3.8, 4) is 17.6 Å². The van der Waals surface area contributed by atoms with Crippen LogP contribution in [0.4, 0.5) is 0 Å². The molecule has 0 atom stereocenters. The minimum Gasteiger partial charge on any atom is -0.504 e. The molecule has 1 aromatic rings. The molecule has 1 rings (SSSR count). The van der Waals surface area contributed by atoms with Crippen molar-refractivity contribution in [3.05, 3.63) is 26.8 Å². The van der Waals surface area contributed by atoms with Crippen molar-refractivity contribution < 1.29 is 19.4 Å². The zero-order valence-corrected chi connectivity index (χ0v) is 13.5. The molecule has 0 aliphatic rings. The molecule has 6 heteroatoms. The Labute approximate surface area is 130 Å². The first-order valence-electron chi connectivity index (χ1n) is 5.78. The molecule has 106 valence electrons. The predicted octanol–water partition coefficient (Wildman–Crippen LogP) is 2.86. The third-order valence-corrected chi connectivity index (χ3v) is 3.09. The molecule has 0 saturated heterocycles. The van der Waals surface area contributed by atoms with E-state index in [1.54, 1.807) is 19.9 Å². The molecule has 0 amide bonds. The summed E-state index contributed by atoms with van der Waals surface area (Å²) < 4.78 is 10.6. The largest absolute Gasteiger partial charge is 0.504 e. The first-order valence-corrected chi connectivity index (χ1v) is 6.86. The topological polar surface area (TPSA) is 79.5 Å². The second-order valence-corrected chi connectivity index (χ2v) is 5.34. The van der Waals surface area contributed by atoms with E-state index in [0.29, 0.717) is 9.13 Å². The van der Waals surface area contributed by atoms with Gasteiger partial charge in [0, 0.05) is 0 Å². The number of hydrogen-bond acceptors (Lipinski definition) is 5. The Morgan fingerprint density at radius 2 is 2.15 bits per heavy atom. The Hall–Kier alpha value is -1.75. The number of hydrogen-bond donors (Lipinski definition) is 1. The number of ether oxygens (including phenoxy) is 2. The average molecular weight is 387 g/mol. The molecule has 0 saturated carbocycles. The summed E-state index contributed by atoms with van der Waals surface area (Å²) in [5.74, 6) is -0.379. The molecule has 0 aliphatic heterocycles. The lowest BCUT2D eigenvalue weighted by atomic mass is 10.1. The summed E-state index contributed by atoms with van der Waals surface area (Å²) in [6.07, 6.45) is 1.10. The molecule has 20 heavy (non-hydrogen) atoms. The monoisotopic (exact) mass is 387 g/mol. The zero-order valence-electron chi connectivity index (χ0n) is 11.3. The van der Waals surface area contributed by atoms with Gasteiger partial charge in [-0.3, -0.25) is 0 Å². The third kappa shape index (κ3) is 4.13. The molecule has 0 radical (unpaired) electrons. The molecular formula is C14H14INO4. The summed E-state index contributed by atoms with van der Waals surface area (Å²) in [5, 5.41) is 18.8. The number of methoxy groups -OCH3 is 1. The maximum atomic E-state index is 11.7. The fraction of sp³-hybridized carbons (Fsp3) is 0.286. The zero-order chi connectivity index (χ0) is 15.3. The van der Waals surface area contributed by atoms with Gasteiger partial charge in [0.05, 0.1) is 16.8 Å². The van der Waals surface area contributed by atoms with Crippen LogP contribution in [0.5, 0.6) is 11.5 Å². The van der Waals surface area contributed by atoms with Gasteiger partial charge >= 0.3 is 5.97 Å². The fourth-order valence-corrected chi connectivity index (χ4v) is 2.04. The molecule has 0 spiro atoms. The summed E-state index contributed by atoms with van der Waals surface area (Å²) >= 11 is 1.94. The van der Waals surface area contributed by atoms with E-state index in [1.807, 2.05) is 28.7 Å². The Balaban J connectivity index is 3.17. The molecule has 0 bridgehead atoms. The molecule has 5 nitrogen and oxygen atoms in total. The van der Waals surface area contributed by atoms with Crippen LogP contribution < -0.4 is 4.74 Å². The highest BCUT2D eigenvalue weighted by molar-refractivity contribution is 14.1. The van der Waals surface area contributed by atoms with E-state index < -0.39 is 5.97 Å². The Morgan fingerprint density at radius 1 is 1.50 bits per heavy atom. The van der Waals surface area contributed by atoms with Crippen LogP contribution in [0, 0.1) is 14.9 Å². The van der Waals surface area contributed by atoms with Gasteiger partial charge in [-0.15, -0.1) is 0 Å². The number of aromatic hydroxyl groups is 1. The van der Waals surface area contributed by atoms with Crippen LogP contribution in [0.25, 0.3) is 6.08 Å². The van der Waals surface area contributed by atoms with E-state index >= 15 is 0 Å². The van der Waals surface area contributed by atoms with E-state index in [-0.39, 0.29) is 23.2 Å². The molecule has 1 aromatic carbocycles. The summed E-state index contributed by atoms with van der Waals surface area (Å²) in [5.41, 5.74) is 0.462. The SMILES string of the molecule is COc1cc(/C=C(\C#N)C(=O)OC(C)C)cc(I)c1O. The Bertz CT molecular complexity index is 588. The van der Waals surface area contributed by atoms with Crippen LogP contribution in [0.2, 0.25) is 0 Å². The first kappa shape index (κ1) is 16.3. The smallest absolute Gasteiger partial charge is 0.349 e. The van der Waals surface area contributed by atoms with Crippen molar-refractivity contribution in [2.24, 2.45) is 0 Å². The average Bonchev–Trinajstić information content (AvgIpc) is 2.38. The molecule has 1 N–H and O–H groups in total. The molecule has 0 heterocycles. The van der Waals surface area contributed by atoms with Gasteiger partial charge in [0.1, 0.15) is 11.6 Å². The van der Waals surface area contributed by atoms with E-state index in [0.717, 1.165) is 0 Å². The van der Waals surface area contributed by atoms with Gasteiger partial charge in [0.2, 0.25) is 0 Å². The van der Waals surface area contributed by atoms with Crippen molar-refractivity contribution >= 4 is 34.6 Å². The van der Waals surface area contributed by atoms with Gasteiger partial charge in [0.15, 0.2) is 11.5 Å². The number of nitrogens with zero attached hydrogens (tertiary/aromatic N) is 1. The summed E-state index contributed by atoms with van der Waals surface area (Å²) in [6.45, 7) is 3.42. The molecule has 0 unspecified atom stereocenters. The molecular weight excluding hydrogens is 373 g/mol. The lowest BCUT2D eigenvalue weighted by molar-refractivity contribution is -0.142. The summed E-state index contributed by atoms with van der Waals surface area (Å²) in [7, 11) is 1.43. The van der Waals surface area contributed by atoms with Crippen LogP contribution >= 0.6 is 22.6 Å². The number of phenolic OH excluding ortho intramolecular Hbond substituents is 1. The van der Waals surface area contributed by atoms with Gasteiger partial charge in [-0.2, -0.15) is 5.26 Å². The number of phenols is 1. The third-order valence-electron chi connectivity index (χ3n) is 2.26. The predicted molar refractivity (Wildman–Crippen MR) is 82.2 cm³/mol. The molecule has 0 aromatic heterocycles. The van der Waals surface area contributed by atoms with Gasteiger partial charge in [0.25, 0.3) is 0 Å². The second-order valence-electron chi connectivity index (χ2n) is 4.18. The van der Waals surface area contributed by atoms with Crippen molar-refractivity contribution in [3.63, 3.8) is 0 Å². The van der Waals surface area contributed by atoms with Gasteiger partial charge in [-0.05, 0) is 60.2 Å². The van der Waals surface area contributed by atoms with E-state index in [9.17, 15) is 9.90 Å². The van der Waals surface area contributed by atoms with Crippen molar-refractivity contribution in [1.82, 2.24) is 0 Å². The highest BCUT2D eigenvalue weighted by Crippen LogP contribution is 2.33. The number of nitriles is 1. The Kier molecular flexibility index (Phi) is 5.82. The maximum Gasteiger partial charge on any atom is 0.349 e. The van der Waals surface area contributed by atoms with E-state index in [1.165, 1.54) is 19.3 Å². The molecule has 0 fully saturated rings. The number of carbonyl (C=O) groups excluding carboxylic acids is 1. The van der Waals surface area contributed by atoms with Gasteiger partial charge < -0.3 is 14.6 Å². The van der Waals surface area contributed by atoms with Crippen molar-refractivity contribution in [1.29, 1.82) is 5.26 Å². The number of halogens is 1. The van der Waals surface area contributed by atoms with E-state index in [4.69, 9.17) is 14.7 Å². The van der Waals surface area contributed by atoms with Gasteiger partial charge in [-0.25, -0.2) is 4.79 Å². The highest BCUT2D eigenvalue weighted by Gasteiger charge is 2.14. The number of esters is 1. The minimum atomic E-state index is -0.676. The van der Waals surface area contributed by atoms with Crippen LogP contribution in [-0.2, 0) is 9.53 Å². The van der Waals surface area contributed by atoms with Crippen molar-refractivity contribution in [2.45, 2.75) is 20.0 Å². The van der Waals surface area contributed by atoms with Crippen LogP contribution in [0.15, 0.2) is 17.7 Å². The number of benzene rings is 1. The van der Waals surface area contributed by atoms with Crippen LogP contribution in [-0.4, -0.2) is 24.3 Å². The first-order chi connectivity index (χ1) is 9.38. The standard InChI is InChI=1S/C14H14INO4/c1-8(2)20-14(18)10(7-16)4-9-5-11(15)13(17)12(6-9)19-3/h4-6,8,17H,1-3H3/b10-4+. The number of carbonyl (C=O) groups is 1. The minimum absolute atomic E-state index is 0.0218. The normalized spacial score (nSPS) is 11.1. The van der Waals surface area contributed by atoms with E-state index in [2.05, 4.69) is 0 Å². The second kappa shape index (κ2) is 7.14. The highest BCUT2D eigenvalue weighted by atomic mass is 127. The maximum absolute atomic E-state index is 11.7. The van der Waals surface area contributed by atoms with Gasteiger partial charge in [-0.1, -0.05) is 0 Å². The Morgan fingerprint density at radius 3 is 2.65 bits per heavy atom. The fourth-order valence-electron chi connectivity index (χ4n) is 1.41. The lowest BCUT2D eigenvalue weighted by Gasteiger charge is -2.08. The summed E-state index contributed by atoms with van der Waals surface area (Å²) in [4.78, 5) is 11.7. The molecule has 0 aliphatic carbocycles. The summed E-state index contributed by atoms with van der Waals surface area (Å²) in [6, 6.07) is 4.98. The van der Waals surface area contributed by atoms with Crippen LogP contribution in [0.1, 0.15) is 19.4 Å². The number of rotatable bonds is 4. The quantitative estimate of drug-likeness (QED) is 0.372.